The summed E-state index contributed by atoms with van der Waals surface area (Å²) in [5.74, 6) is -0.271. The van der Waals surface area contributed by atoms with Crippen LogP contribution in [0, 0.1) is 0 Å². The van der Waals surface area contributed by atoms with Gasteiger partial charge in [-0.2, -0.15) is 0 Å². The van der Waals surface area contributed by atoms with E-state index in [1.165, 1.54) is 18.2 Å². The van der Waals surface area contributed by atoms with Gasteiger partial charge < -0.3 is 15.2 Å². The topological polar surface area (TPSA) is 44.7 Å². The van der Waals surface area contributed by atoms with Gasteiger partial charge in [0.15, 0.2) is 0 Å². The van der Waals surface area contributed by atoms with Crippen molar-refractivity contribution in [3.8, 4) is 11.5 Å². The number of nitrogens with zero attached hydrogens (tertiary/aromatic N) is 1. The Kier molecular flexibility index (Phi) is 5.60. The molecule has 1 fully saturated rings. The number of aromatic hydroxyl groups is 1. The number of nitrogens with one attached hydrogen (secondary N) is 1. The lowest BCUT2D eigenvalue weighted by molar-refractivity contribution is -0.274. The minimum Gasteiger partial charge on any atom is -0.506 e. The summed E-state index contributed by atoms with van der Waals surface area (Å²) in [4.78, 5) is 2.22. The van der Waals surface area contributed by atoms with Crippen LogP contribution in [-0.4, -0.2) is 42.5 Å². The Morgan fingerprint density at radius 2 is 1.65 bits per heavy atom. The van der Waals surface area contributed by atoms with Crippen LogP contribution in [-0.2, 0) is 0 Å². The average molecular weight is 387 g/mol. The molecule has 0 spiro atoms. The fourth-order valence-electron chi connectivity index (χ4n) is 3.10. The van der Waals surface area contributed by atoms with Gasteiger partial charge in [0, 0.05) is 26.2 Å². The number of hydrogen-bond donors (Lipinski definition) is 2. The number of rotatable bonds is 4. The van der Waals surface area contributed by atoms with E-state index in [0.29, 0.717) is 0 Å². The standard InChI is InChI=1S/C18H18ClF3N2O2/c19-15-11-13(3-6-16(15)25)17(24-9-7-23-8-10-24)12-1-4-14(5-2-12)26-18(20,21)22/h1-6,11,17,23,25H,7-10H2/t17-/m0/s1. The molecule has 0 amide bonds. The van der Waals surface area contributed by atoms with Crippen LogP contribution in [0.15, 0.2) is 42.5 Å². The Morgan fingerprint density at radius 3 is 2.23 bits per heavy atom. The monoisotopic (exact) mass is 386 g/mol. The van der Waals surface area contributed by atoms with Gasteiger partial charge >= 0.3 is 6.36 Å². The third-order valence-corrected chi connectivity index (χ3v) is 4.54. The van der Waals surface area contributed by atoms with E-state index >= 15 is 0 Å². The summed E-state index contributed by atoms with van der Waals surface area (Å²) in [5, 5.41) is 13.2. The second kappa shape index (κ2) is 7.73. The quantitative estimate of drug-likeness (QED) is 0.835. The number of piperazine rings is 1. The molecule has 1 saturated heterocycles. The predicted molar refractivity (Wildman–Crippen MR) is 92.5 cm³/mol. The maximum absolute atomic E-state index is 12.4. The van der Waals surface area contributed by atoms with Crippen molar-refractivity contribution in [1.82, 2.24) is 10.2 Å². The van der Waals surface area contributed by atoms with E-state index in [-0.39, 0.29) is 22.6 Å². The van der Waals surface area contributed by atoms with Crippen molar-refractivity contribution in [2.75, 3.05) is 26.2 Å². The Morgan fingerprint density at radius 1 is 1.04 bits per heavy atom. The molecule has 4 nitrogen and oxygen atoms in total. The van der Waals surface area contributed by atoms with E-state index in [1.54, 1.807) is 24.3 Å². The molecule has 0 aliphatic carbocycles. The minimum atomic E-state index is -4.72. The Hall–Kier alpha value is -1.96. The number of benzene rings is 2. The molecule has 0 bridgehead atoms. The third-order valence-electron chi connectivity index (χ3n) is 4.23. The highest BCUT2D eigenvalue weighted by Crippen LogP contribution is 2.34. The van der Waals surface area contributed by atoms with Crippen LogP contribution in [0.3, 0.4) is 0 Å². The van der Waals surface area contributed by atoms with Gasteiger partial charge in [-0.1, -0.05) is 29.8 Å². The van der Waals surface area contributed by atoms with Gasteiger partial charge in [0.05, 0.1) is 11.1 Å². The summed E-state index contributed by atoms with van der Waals surface area (Å²) in [6.07, 6.45) is -4.72. The highest BCUT2D eigenvalue weighted by molar-refractivity contribution is 6.32. The number of phenols is 1. The molecule has 2 aromatic carbocycles. The molecule has 0 aromatic heterocycles. The normalized spacial score (nSPS) is 17.1. The second-order valence-corrected chi connectivity index (χ2v) is 6.42. The summed E-state index contributed by atoms with van der Waals surface area (Å²) in [6, 6.07) is 10.6. The van der Waals surface area contributed by atoms with Crippen LogP contribution >= 0.6 is 11.6 Å². The van der Waals surface area contributed by atoms with Crippen molar-refractivity contribution < 1.29 is 23.0 Å². The largest absolute Gasteiger partial charge is 0.573 e. The zero-order valence-electron chi connectivity index (χ0n) is 13.8. The molecule has 1 atom stereocenters. The lowest BCUT2D eigenvalue weighted by Crippen LogP contribution is -2.45. The summed E-state index contributed by atoms with van der Waals surface area (Å²) in [7, 11) is 0. The number of hydrogen-bond acceptors (Lipinski definition) is 4. The molecule has 0 saturated carbocycles. The summed E-state index contributed by atoms with van der Waals surface area (Å²) < 4.78 is 41.0. The molecule has 2 N–H and O–H groups in total. The highest BCUT2D eigenvalue weighted by Gasteiger charge is 2.31. The molecule has 3 rings (SSSR count). The number of halogens is 4. The van der Waals surface area contributed by atoms with E-state index in [4.69, 9.17) is 11.6 Å². The van der Waals surface area contributed by atoms with Crippen LogP contribution in [0.25, 0.3) is 0 Å². The van der Waals surface area contributed by atoms with E-state index in [2.05, 4.69) is 15.0 Å². The molecular formula is C18H18ClF3N2O2. The number of ether oxygens (including phenoxy) is 1. The smallest absolute Gasteiger partial charge is 0.506 e. The van der Waals surface area contributed by atoms with Crippen molar-refractivity contribution in [3.63, 3.8) is 0 Å². The van der Waals surface area contributed by atoms with Gasteiger partial charge in [0.2, 0.25) is 0 Å². The Balaban J connectivity index is 1.93. The molecule has 1 heterocycles. The Bertz CT molecular complexity index is 747. The first-order valence-corrected chi connectivity index (χ1v) is 8.50. The van der Waals surface area contributed by atoms with Crippen molar-refractivity contribution in [1.29, 1.82) is 0 Å². The average Bonchev–Trinajstić information content (AvgIpc) is 2.59. The van der Waals surface area contributed by atoms with Gasteiger partial charge in [0.1, 0.15) is 11.5 Å². The zero-order chi connectivity index (χ0) is 18.7. The Labute approximate surface area is 154 Å². The molecule has 0 radical (unpaired) electrons. The lowest BCUT2D eigenvalue weighted by Gasteiger charge is -2.35. The van der Waals surface area contributed by atoms with Crippen molar-refractivity contribution in [2.24, 2.45) is 0 Å². The maximum Gasteiger partial charge on any atom is 0.573 e. The molecular weight excluding hydrogens is 369 g/mol. The van der Waals surface area contributed by atoms with E-state index in [1.807, 2.05) is 0 Å². The molecule has 140 valence electrons. The summed E-state index contributed by atoms with van der Waals surface area (Å²) >= 11 is 6.06. The first-order chi connectivity index (χ1) is 12.3. The van der Waals surface area contributed by atoms with Gasteiger partial charge in [-0.15, -0.1) is 13.2 Å². The summed E-state index contributed by atoms with van der Waals surface area (Å²) in [6.45, 7) is 3.20. The second-order valence-electron chi connectivity index (χ2n) is 6.02. The zero-order valence-corrected chi connectivity index (χ0v) is 14.5. The molecule has 26 heavy (non-hydrogen) atoms. The van der Waals surface area contributed by atoms with E-state index in [9.17, 15) is 18.3 Å². The maximum atomic E-state index is 12.4. The molecule has 8 heteroatoms. The first-order valence-electron chi connectivity index (χ1n) is 8.12. The van der Waals surface area contributed by atoms with Crippen molar-refractivity contribution in [2.45, 2.75) is 12.4 Å². The van der Waals surface area contributed by atoms with Crippen LogP contribution in [0.2, 0.25) is 5.02 Å². The predicted octanol–water partition coefficient (Wildman–Crippen LogP) is 3.94. The molecule has 1 aliphatic rings. The fourth-order valence-corrected chi connectivity index (χ4v) is 3.29. The van der Waals surface area contributed by atoms with Crippen LogP contribution in [0.1, 0.15) is 17.2 Å². The molecule has 0 unspecified atom stereocenters. The molecule has 2 aromatic rings. The van der Waals surface area contributed by atoms with Gasteiger partial charge in [0.25, 0.3) is 0 Å². The number of alkyl halides is 3. The lowest BCUT2D eigenvalue weighted by atomic mass is 9.96. The van der Waals surface area contributed by atoms with E-state index < -0.39 is 6.36 Å². The third kappa shape index (κ3) is 4.60. The van der Waals surface area contributed by atoms with E-state index in [0.717, 1.165) is 37.3 Å². The van der Waals surface area contributed by atoms with Crippen LogP contribution in [0.5, 0.6) is 11.5 Å². The number of phenolic OH excluding ortho intramolecular Hbond substituents is 1. The fraction of sp³-hybridized carbons (Fsp3) is 0.333. The first kappa shape index (κ1) is 18.8. The van der Waals surface area contributed by atoms with Crippen molar-refractivity contribution >= 4 is 11.6 Å². The van der Waals surface area contributed by atoms with Gasteiger partial charge in [-0.25, -0.2) is 0 Å². The summed E-state index contributed by atoms with van der Waals surface area (Å²) in [5.41, 5.74) is 1.68. The van der Waals surface area contributed by atoms with Crippen LogP contribution in [0.4, 0.5) is 13.2 Å². The highest BCUT2D eigenvalue weighted by atomic mass is 35.5. The molecule has 1 aliphatic heterocycles. The van der Waals surface area contributed by atoms with Crippen molar-refractivity contribution in [3.05, 3.63) is 58.6 Å². The van der Waals surface area contributed by atoms with Gasteiger partial charge in [-0.3, -0.25) is 4.90 Å². The minimum absolute atomic E-state index is 0.0107. The SMILES string of the molecule is Oc1ccc([C@H](c2ccc(OC(F)(F)F)cc2)N2CCNCC2)cc1Cl. The van der Waals surface area contributed by atoms with Crippen LogP contribution < -0.4 is 10.1 Å². The van der Waals surface area contributed by atoms with Gasteiger partial charge in [-0.05, 0) is 35.4 Å².